The Balaban J connectivity index is 1.25. The maximum absolute atomic E-state index is 2.48. The van der Waals surface area contributed by atoms with E-state index in [0.29, 0.717) is 0 Å². The van der Waals surface area contributed by atoms with Crippen molar-refractivity contribution >= 4 is 23.3 Å². The first kappa shape index (κ1) is 33.8. The van der Waals surface area contributed by atoms with Gasteiger partial charge in [0, 0.05) is 0 Å². The monoisotopic (exact) mass is 694 g/mol. The first-order valence-electron chi connectivity index (χ1n) is 19.2. The van der Waals surface area contributed by atoms with Crippen LogP contribution in [0.4, 0.5) is 0 Å². The summed E-state index contributed by atoms with van der Waals surface area (Å²) in [4.78, 5) is 0. The summed E-state index contributed by atoms with van der Waals surface area (Å²) in [6.07, 6.45) is 4.81. The van der Waals surface area contributed by atoms with Crippen LogP contribution in [0.1, 0.15) is 86.1 Å². The zero-order valence-electron chi connectivity index (χ0n) is 32.2. The van der Waals surface area contributed by atoms with Crippen molar-refractivity contribution in [3.05, 3.63) is 202 Å². The van der Waals surface area contributed by atoms with Crippen molar-refractivity contribution in [2.45, 2.75) is 52.4 Å². The standard InChI is InChI=1S/C54H46/c1-53(2,3)41-23-17-35(18-24-41)29-45-47-31-39(37-13-9-7-10-14-37)21-27-43(47)49-34-52-46(30-36-19-25-42(26-20-36)54(4,5)6)48-32-40(38-15-11-8-12-16-38)22-28-44(48)50(52)33-51(45)49/h7-34H,1-6H3/b45-29-,46-30-. The number of rotatable bonds is 4. The van der Waals surface area contributed by atoms with Crippen LogP contribution in [0.15, 0.2) is 158 Å². The van der Waals surface area contributed by atoms with E-state index in [4.69, 9.17) is 0 Å². The summed E-state index contributed by atoms with van der Waals surface area (Å²) in [6, 6.07) is 58.8. The smallest absolute Gasteiger partial charge is 0.00921 e. The molecule has 0 heteroatoms. The van der Waals surface area contributed by atoms with Crippen molar-refractivity contribution in [3.63, 3.8) is 0 Å². The Morgan fingerprint density at radius 1 is 0.296 bits per heavy atom. The molecule has 0 nitrogen and oxygen atoms in total. The summed E-state index contributed by atoms with van der Waals surface area (Å²) in [5.74, 6) is 0. The summed E-state index contributed by atoms with van der Waals surface area (Å²) < 4.78 is 0. The van der Waals surface area contributed by atoms with E-state index in [-0.39, 0.29) is 10.8 Å². The van der Waals surface area contributed by atoms with Crippen LogP contribution in [0.25, 0.3) is 67.8 Å². The molecule has 54 heavy (non-hydrogen) atoms. The van der Waals surface area contributed by atoms with Crippen LogP contribution in [0.3, 0.4) is 0 Å². The first-order chi connectivity index (χ1) is 26.0. The molecule has 0 aromatic heterocycles. The van der Waals surface area contributed by atoms with Gasteiger partial charge in [-0.25, -0.2) is 0 Å². The predicted octanol–water partition coefficient (Wildman–Crippen LogP) is 14.8. The van der Waals surface area contributed by atoms with Gasteiger partial charge in [0.2, 0.25) is 0 Å². The maximum atomic E-state index is 2.48. The van der Waals surface area contributed by atoms with Crippen LogP contribution in [-0.4, -0.2) is 0 Å². The minimum atomic E-state index is 0.108. The number of hydrogen-bond donors (Lipinski definition) is 0. The van der Waals surface area contributed by atoms with Gasteiger partial charge in [-0.3, -0.25) is 0 Å². The molecule has 0 saturated carbocycles. The fourth-order valence-corrected chi connectivity index (χ4v) is 8.21. The van der Waals surface area contributed by atoms with Crippen LogP contribution in [0.5, 0.6) is 0 Å². The van der Waals surface area contributed by atoms with E-state index in [0.717, 1.165) is 0 Å². The number of benzene rings is 7. The highest BCUT2D eigenvalue weighted by atomic mass is 14.3. The number of hydrogen-bond acceptors (Lipinski definition) is 0. The van der Waals surface area contributed by atoms with Gasteiger partial charge in [-0.1, -0.05) is 175 Å². The minimum absolute atomic E-state index is 0.108. The lowest BCUT2D eigenvalue weighted by molar-refractivity contribution is 0.590. The molecule has 7 aromatic carbocycles. The van der Waals surface area contributed by atoms with Crippen molar-refractivity contribution in [2.75, 3.05) is 0 Å². The Morgan fingerprint density at radius 2 is 0.648 bits per heavy atom. The molecule has 0 spiro atoms. The lowest BCUT2D eigenvalue weighted by Gasteiger charge is -2.19. The van der Waals surface area contributed by atoms with E-state index in [9.17, 15) is 0 Å². The minimum Gasteiger partial charge on any atom is -0.0622 e. The molecule has 0 unspecified atom stereocenters. The molecule has 0 atom stereocenters. The molecule has 262 valence electrons. The van der Waals surface area contributed by atoms with Gasteiger partial charge in [0.25, 0.3) is 0 Å². The quantitative estimate of drug-likeness (QED) is 0.172. The fraction of sp³-hybridized carbons (Fsp3) is 0.148. The van der Waals surface area contributed by atoms with E-state index in [1.54, 1.807) is 0 Å². The lowest BCUT2D eigenvalue weighted by atomic mass is 9.86. The molecular weight excluding hydrogens is 649 g/mol. The molecule has 0 bridgehead atoms. The molecule has 7 aromatic rings. The Morgan fingerprint density at radius 3 is 1.00 bits per heavy atom. The average molecular weight is 695 g/mol. The van der Waals surface area contributed by atoms with E-state index in [1.807, 2.05) is 0 Å². The second kappa shape index (κ2) is 12.9. The molecule has 0 radical (unpaired) electrons. The molecule has 0 N–H and O–H groups in total. The van der Waals surface area contributed by atoms with Crippen LogP contribution in [0.2, 0.25) is 0 Å². The Hall–Kier alpha value is -5.98. The zero-order chi connectivity index (χ0) is 37.2. The van der Waals surface area contributed by atoms with Gasteiger partial charge in [-0.05, 0) is 147 Å². The lowest BCUT2D eigenvalue weighted by Crippen LogP contribution is -2.10. The van der Waals surface area contributed by atoms with Crippen LogP contribution in [-0.2, 0) is 10.8 Å². The highest BCUT2D eigenvalue weighted by Crippen LogP contribution is 2.54. The molecule has 0 fully saturated rings. The zero-order valence-corrected chi connectivity index (χ0v) is 32.2. The van der Waals surface area contributed by atoms with Gasteiger partial charge in [-0.2, -0.15) is 0 Å². The molecular formula is C54H46. The Bertz CT molecular complexity index is 2410. The topological polar surface area (TPSA) is 0 Å². The summed E-state index contributed by atoms with van der Waals surface area (Å²) in [5.41, 5.74) is 23.2. The fourth-order valence-electron chi connectivity index (χ4n) is 8.21. The van der Waals surface area contributed by atoms with Crippen molar-refractivity contribution in [1.29, 1.82) is 0 Å². The summed E-state index contributed by atoms with van der Waals surface area (Å²) in [5, 5.41) is 0. The second-order valence-corrected chi connectivity index (χ2v) is 17.1. The van der Waals surface area contributed by atoms with Gasteiger partial charge < -0.3 is 0 Å². The molecule has 2 aliphatic rings. The van der Waals surface area contributed by atoms with Crippen LogP contribution < -0.4 is 0 Å². The largest absolute Gasteiger partial charge is 0.0622 e. The number of fused-ring (bicyclic) bond motifs is 6. The summed E-state index contributed by atoms with van der Waals surface area (Å²) in [7, 11) is 0. The van der Waals surface area contributed by atoms with Crippen molar-refractivity contribution in [2.24, 2.45) is 0 Å². The van der Waals surface area contributed by atoms with E-state index in [1.165, 1.54) is 100 Å². The molecule has 0 heterocycles. The SMILES string of the molecule is CC(C)(C)c1ccc(/C=C2/c3cc(-c4ccccc4)ccc3-c3cc4c(cc32)-c2ccc(-c3ccccc3)cc2/C4=C/c2ccc(C(C)(C)C)cc2)cc1. The summed E-state index contributed by atoms with van der Waals surface area (Å²) >= 11 is 0. The Kier molecular flexibility index (Phi) is 8.05. The van der Waals surface area contributed by atoms with Gasteiger partial charge in [0.1, 0.15) is 0 Å². The first-order valence-corrected chi connectivity index (χ1v) is 19.2. The molecule has 9 rings (SSSR count). The maximum Gasteiger partial charge on any atom is -0.00921 e. The average Bonchev–Trinajstić information content (AvgIpc) is 3.64. The van der Waals surface area contributed by atoms with Crippen LogP contribution in [0, 0.1) is 0 Å². The third kappa shape index (κ3) is 6.06. The predicted molar refractivity (Wildman–Crippen MR) is 232 cm³/mol. The van der Waals surface area contributed by atoms with Gasteiger partial charge >= 0.3 is 0 Å². The second-order valence-electron chi connectivity index (χ2n) is 17.1. The normalized spacial score (nSPS) is 14.6. The van der Waals surface area contributed by atoms with E-state index >= 15 is 0 Å². The van der Waals surface area contributed by atoms with Gasteiger partial charge in [-0.15, -0.1) is 0 Å². The van der Waals surface area contributed by atoms with Gasteiger partial charge in [0.15, 0.2) is 0 Å². The Labute approximate surface area is 321 Å². The molecule has 0 amide bonds. The van der Waals surface area contributed by atoms with Crippen molar-refractivity contribution < 1.29 is 0 Å². The van der Waals surface area contributed by atoms with E-state index < -0.39 is 0 Å². The van der Waals surface area contributed by atoms with Crippen molar-refractivity contribution in [3.8, 4) is 44.5 Å². The third-order valence-electron chi connectivity index (χ3n) is 11.3. The van der Waals surface area contributed by atoms with E-state index in [2.05, 4.69) is 211 Å². The summed E-state index contributed by atoms with van der Waals surface area (Å²) in [6.45, 7) is 13.7. The van der Waals surface area contributed by atoms with Crippen molar-refractivity contribution in [1.82, 2.24) is 0 Å². The molecule has 0 saturated heterocycles. The van der Waals surface area contributed by atoms with Gasteiger partial charge in [0.05, 0.1) is 0 Å². The third-order valence-corrected chi connectivity index (χ3v) is 11.3. The molecule has 0 aliphatic heterocycles. The highest BCUT2D eigenvalue weighted by Gasteiger charge is 2.31. The van der Waals surface area contributed by atoms with Crippen LogP contribution >= 0.6 is 0 Å². The highest BCUT2D eigenvalue weighted by molar-refractivity contribution is 6.13. The molecule has 2 aliphatic carbocycles.